The summed E-state index contributed by atoms with van der Waals surface area (Å²) in [4.78, 5) is 2.72. The smallest absolute Gasteiger partial charge is 0.0125 e. The van der Waals surface area contributed by atoms with E-state index < -0.39 is 0 Å². The van der Waals surface area contributed by atoms with Gasteiger partial charge in [-0.25, -0.2) is 0 Å². The lowest BCUT2D eigenvalue weighted by Crippen LogP contribution is -1.79. The molecule has 0 bridgehead atoms. The Hall–Kier alpha value is -1.73. The van der Waals surface area contributed by atoms with Crippen molar-refractivity contribution in [2.75, 3.05) is 0 Å². The molecule has 0 saturated carbocycles. The molecule has 0 radical (unpaired) electrons. The molecule has 0 aliphatic rings. The first kappa shape index (κ1) is 9.36. The van der Waals surface area contributed by atoms with E-state index in [4.69, 9.17) is 5.53 Å². The predicted molar refractivity (Wildman–Crippen MR) is 54.0 cm³/mol. The van der Waals surface area contributed by atoms with Crippen LogP contribution in [0.2, 0.25) is 0 Å². The molecule has 0 aliphatic heterocycles. The van der Waals surface area contributed by atoms with Crippen LogP contribution in [0.1, 0.15) is 18.1 Å². The summed E-state index contributed by atoms with van der Waals surface area (Å²) < 4.78 is 0. The Morgan fingerprint density at radius 3 is 2.77 bits per heavy atom. The number of rotatable bonds is 2. The van der Waals surface area contributed by atoms with E-state index in [-0.39, 0.29) is 0 Å². The summed E-state index contributed by atoms with van der Waals surface area (Å²) in [5, 5.41) is 3.50. The number of hydrogen-bond acceptors (Lipinski definition) is 1. The minimum absolute atomic E-state index is 0.678. The van der Waals surface area contributed by atoms with Gasteiger partial charge in [0.05, 0.1) is 0 Å². The second kappa shape index (κ2) is 4.33. The Balaban J connectivity index is 3.03. The van der Waals surface area contributed by atoms with E-state index in [1.165, 1.54) is 5.56 Å². The van der Waals surface area contributed by atoms with Gasteiger partial charge in [0.15, 0.2) is 0 Å². The number of azide groups is 1. The topological polar surface area (TPSA) is 48.8 Å². The number of benzene rings is 1. The molecule has 0 amide bonds. The lowest BCUT2D eigenvalue weighted by Gasteiger charge is -1.98. The van der Waals surface area contributed by atoms with Crippen molar-refractivity contribution in [3.8, 4) is 0 Å². The highest BCUT2D eigenvalue weighted by molar-refractivity contribution is 5.55. The van der Waals surface area contributed by atoms with Crippen LogP contribution in [0.3, 0.4) is 0 Å². The fraction of sp³-hybridized carbons (Fsp3) is 0.200. The van der Waals surface area contributed by atoms with Crippen molar-refractivity contribution in [1.29, 1.82) is 0 Å². The van der Waals surface area contributed by atoms with Crippen molar-refractivity contribution in [1.82, 2.24) is 0 Å². The first-order valence-electron chi connectivity index (χ1n) is 4.03. The van der Waals surface area contributed by atoms with Gasteiger partial charge in [0.2, 0.25) is 0 Å². The van der Waals surface area contributed by atoms with E-state index in [1.807, 2.05) is 37.3 Å². The van der Waals surface area contributed by atoms with Crippen molar-refractivity contribution >= 4 is 6.08 Å². The first-order chi connectivity index (χ1) is 6.24. The number of allylic oxidation sites excluding steroid dienone is 1. The van der Waals surface area contributed by atoms with E-state index in [0.717, 1.165) is 5.56 Å². The van der Waals surface area contributed by atoms with Crippen LogP contribution in [0.15, 0.2) is 35.1 Å². The Morgan fingerprint density at radius 2 is 2.15 bits per heavy atom. The van der Waals surface area contributed by atoms with Gasteiger partial charge in [0.1, 0.15) is 0 Å². The van der Waals surface area contributed by atoms with E-state index >= 15 is 0 Å². The molecule has 0 saturated heterocycles. The lowest BCUT2D eigenvalue weighted by atomic mass is 10.1. The molecule has 0 aliphatic carbocycles. The van der Waals surface area contributed by atoms with Crippen molar-refractivity contribution in [3.63, 3.8) is 0 Å². The molecular weight excluding hydrogens is 162 g/mol. The molecule has 0 fully saturated rings. The van der Waals surface area contributed by atoms with Crippen LogP contribution in [0.5, 0.6) is 0 Å². The zero-order valence-corrected chi connectivity index (χ0v) is 7.73. The molecule has 0 aromatic heterocycles. The molecule has 0 N–H and O–H groups in total. The summed E-state index contributed by atoms with van der Waals surface area (Å²) in [6.07, 6.45) is 1.87. The average Bonchev–Trinajstić information content (AvgIpc) is 2.09. The average molecular weight is 173 g/mol. The number of aryl methyl sites for hydroxylation is 1. The van der Waals surface area contributed by atoms with Gasteiger partial charge in [0, 0.05) is 10.6 Å². The van der Waals surface area contributed by atoms with Crippen LogP contribution >= 0.6 is 0 Å². The lowest BCUT2D eigenvalue weighted by molar-refractivity contribution is 1.29. The van der Waals surface area contributed by atoms with Crippen molar-refractivity contribution in [2.24, 2.45) is 5.11 Å². The zero-order valence-electron chi connectivity index (χ0n) is 7.73. The van der Waals surface area contributed by atoms with Gasteiger partial charge in [-0.05, 0) is 36.6 Å². The first-order valence-corrected chi connectivity index (χ1v) is 4.03. The van der Waals surface area contributed by atoms with Gasteiger partial charge in [0.25, 0.3) is 0 Å². The van der Waals surface area contributed by atoms with Crippen LogP contribution < -0.4 is 0 Å². The maximum absolute atomic E-state index is 8.20. The Morgan fingerprint density at radius 1 is 1.46 bits per heavy atom. The maximum Gasteiger partial charge on any atom is 0.0125 e. The molecule has 66 valence electrons. The highest BCUT2D eigenvalue weighted by Gasteiger charge is 1.92. The monoisotopic (exact) mass is 173 g/mol. The summed E-state index contributed by atoms with van der Waals surface area (Å²) in [5.41, 5.74) is 11.1. The standard InChI is InChI=1S/C10H11N3/c1-8-5-3-4-6-10(8)7-9(2)12-13-11/h3-7H,1-2H3/b9-7+. The summed E-state index contributed by atoms with van der Waals surface area (Å²) in [5.74, 6) is 0. The van der Waals surface area contributed by atoms with Crippen molar-refractivity contribution in [2.45, 2.75) is 13.8 Å². The molecule has 1 aromatic rings. The SMILES string of the molecule is C/C(=C\c1ccccc1C)N=[N+]=[N-]. The normalized spacial score (nSPS) is 10.8. The third kappa shape index (κ3) is 2.65. The quantitative estimate of drug-likeness (QED) is 0.372. The third-order valence-corrected chi connectivity index (χ3v) is 1.76. The largest absolute Gasteiger partial charge is 0.0654 e. The van der Waals surface area contributed by atoms with Crippen molar-refractivity contribution < 1.29 is 0 Å². The second-order valence-corrected chi connectivity index (χ2v) is 2.83. The summed E-state index contributed by atoms with van der Waals surface area (Å²) in [6, 6.07) is 7.96. The molecule has 0 atom stereocenters. The molecule has 1 rings (SSSR count). The number of hydrogen-bond donors (Lipinski definition) is 0. The van der Waals surface area contributed by atoms with Crippen LogP contribution in [0.4, 0.5) is 0 Å². The highest BCUT2D eigenvalue weighted by Crippen LogP contribution is 2.12. The fourth-order valence-corrected chi connectivity index (χ4v) is 1.07. The van der Waals surface area contributed by atoms with E-state index in [2.05, 4.69) is 10.0 Å². The third-order valence-electron chi connectivity index (χ3n) is 1.76. The van der Waals surface area contributed by atoms with Crippen LogP contribution in [-0.2, 0) is 0 Å². The molecule has 0 unspecified atom stereocenters. The van der Waals surface area contributed by atoms with Gasteiger partial charge in [-0.1, -0.05) is 29.4 Å². The van der Waals surface area contributed by atoms with Crippen LogP contribution in [-0.4, -0.2) is 0 Å². The maximum atomic E-state index is 8.20. The van der Waals surface area contributed by atoms with Gasteiger partial charge in [-0.2, -0.15) is 0 Å². The predicted octanol–water partition coefficient (Wildman–Crippen LogP) is 3.67. The molecule has 3 heteroatoms. The Kier molecular flexibility index (Phi) is 3.12. The van der Waals surface area contributed by atoms with Gasteiger partial charge < -0.3 is 0 Å². The Labute approximate surface area is 77.3 Å². The highest BCUT2D eigenvalue weighted by atomic mass is 15.1. The molecule has 0 heterocycles. The molecule has 1 aromatic carbocycles. The summed E-state index contributed by atoms with van der Waals surface area (Å²) in [7, 11) is 0. The van der Waals surface area contributed by atoms with E-state index in [1.54, 1.807) is 6.92 Å². The van der Waals surface area contributed by atoms with E-state index in [9.17, 15) is 0 Å². The van der Waals surface area contributed by atoms with Crippen molar-refractivity contribution in [3.05, 3.63) is 51.5 Å². The fourth-order valence-electron chi connectivity index (χ4n) is 1.07. The second-order valence-electron chi connectivity index (χ2n) is 2.83. The van der Waals surface area contributed by atoms with Gasteiger partial charge >= 0.3 is 0 Å². The van der Waals surface area contributed by atoms with Gasteiger partial charge in [-0.3, -0.25) is 0 Å². The molecule has 3 nitrogen and oxygen atoms in total. The van der Waals surface area contributed by atoms with E-state index in [0.29, 0.717) is 5.70 Å². The zero-order chi connectivity index (χ0) is 9.68. The van der Waals surface area contributed by atoms with Crippen LogP contribution in [0.25, 0.3) is 16.5 Å². The summed E-state index contributed by atoms with van der Waals surface area (Å²) in [6.45, 7) is 3.81. The minimum atomic E-state index is 0.678. The van der Waals surface area contributed by atoms with Crippen LogP contribution in [0, 0.1) is 6.92 Å². The molecule has 0 spiro atoms. The summed E-state index contributed by atoms with van der Waals surface area (Å²) >= 11 is 0. The Bertz CT molecular complexity index is 374. The minimum Gasteiger partial charge on any atom is -0.0654 e. The molecular formula is C10H11N3. The number of nitrogens with zero attached hydrogens (tertiary/aromatic N) is 3. The molecule has 13 heavy (non-hydrogen) atoms. The van der Waals surface area contributed by atoms with Gasteiger partial charge in [-0.15, -0.1) is 0 Å².